The van der Waals surface area contributed by atoms with Crippen LogP contribution in [-0.4, -0.2) is 57.8 Å². The molecule has 0 aliphatic carbocycles. The maximum Gasteiger partial charge on any atom is 0.303 e. The largest absolute Gasteiger partial charge is 0.481 e. The summed E-state index contributed by atoms with van der Waals surface area (Å²) in [5.74, 6) is -1.28. The first-order valence-corrected chi connectivity index (χ1v) is 15.8. The van der Waals surface area contributed by atoms with Crippen molar-refractivity contribution in [3.8, 4) is 0 Å². The molecule has 0 radical (unpaired) electrons. The molecule has 240 valence electrons. The minimum atomic E-state index is -1.00. The average Bonchev–Trinajstić information content (AvgIpc) is 3.05. The number of halogens is 1. The summed E-state index contributed by atoms with van der Waals surface area (Å²) in [4.78, 5) is 25.0. The Hall–Kier alpha value is -3.31. The van der Waals surface area contributed by atoms with E-state index in [4.69, 9.17) is 26.2 Å². The second kappa shape index (κ2) is 14.9. The minimum Gasteiger partial charge on any atom is -0.481 e. The second-order valence-corrected chi connectivity index (χ2v) is 12.5. The van der Waals surface area contributed by atoms with Crippen molar-refractivity contribution < 1.29 is 34.4 Å². The van der Waals surface area contributed by atoms with E-state index in [9.17, 15) is 19.8 Å². The molecule has 45 heavy (non-hydrogen) atoms. The van der Waals surface area contributed by atoms with Gasteiger partial charge in [0.05, 0.1) is 30.8 Å². The highest BCUT2D eigenvalue weighted by atomic mass is 35.5. The molecule has 0 spiro atoms. The highest BCUT2D eigenvalue weighted by molar-refractivity contribution is 6.30. The van der Waals surface area contributed by atoms with Crippen molar-refractivity contribution in [1.82, 2.24) is 10.2 Å². The maximum atomic E-state index is 11.9. The molecule has 2 saturated heterocycles. The number of carboxylic acid groups (broad SMARTS) is 1. The maximum absolute atomic E-state index is 11.9. The van der Waals surface area contributed by atoms with E-state index in [0.29, 0.717) is 31.0 Å². The van der Waals surface area contributed by atoms with Crippen molar-refractivity contribution in [2.24, 2.45) is 5.92 Å². The Balaban J connectivity index is 1.27. The van der Waals surface area contributed by atoms with Gasteiger partial charge in [0.15, 0.2) is 6.29 Å². The number of likely N-dealkylation sites (tertiary alicyclic amines) is 1. The molecule has 0 saturated carbocycles. The number of nitrogens with zero attached hydrogens (tertiary/aromatic N) is 1. The predicted molar refractivity (Wildman–Crippen MR) is 169 cm³/mol. The molecule has 2 aliphatic rings. The van der Waals surface area contributed by atoms with Crippen molar-refractivity contribution in [1.29, 1.82) is 0 Å². The van der Waals surface area contributed by atoms with Gasteiger partial charge in [0.2, 0.25) is 5.91 Å². The van der Waals surface area contributed by atoms with Gasteiger partial charge in [-0.3, -0.25) is 9.59 Å². The first-order chi connectivity index (χ1) is 21.6. The zero-order chi connectivity index (χ0) is 32.0. The van der Waals surface area contributed by atoms with Crippen LogP contribution in [0.25, 0.3) is 0 Å². The third-order valence-electron chi connectivity index (χ3n) is 8.93. The predicted octanol–water partition coefficient (Wildman–Crippen LogP) is 5.09. The Morgan fingerprint density at radius 2 is 1.53 bits per heavy atom. The molecule has 1 amide bonds. The molecule has 0 unspecified atom stereocenters. The summed E-state index contributed by atoms with van der Waals surface area (Å²) in [6.45, 7) is 4.53. The molecular weight excluding hydrogens is 596 g/mol. The average molecular weight is 637 g/mol. The number of carboxylic acids is 1. The van der Waals surface area contributed by atoms with Gasteiger partial charge >= 0.3 is 5.97 Å². The molecule has 5 rings (SSSR count). The number of amides is 1. The number of rotatable bonds is 11. The summed E-state index contributed by atoms with van der Waals surface area (Å²) < 4.78 is 13.2. The van der Waals surface area contributed by atoms with E-state index in [-0.39, 0.29) is 43.5 Å². The van der Waals surface area contributed by atoms with Gasteiger partial charge in [-0.05, 0) is 47.2 Å². The van der Waals surface area contributed by atoms with Gasteiger partial charge in [0.25, 0.3) is 0 Å². The Kier molecular flexibility index (Phi) is 10.9. The van der Waals surface area contributed by atoms with E-state index in [2.05, 4.69) is 17.1 Å². The van der Waals surface area contributed by atoms with Crippen LogP contribution in [0, 0.1) is 5.92 Å². The summed E-state index contributed by atoms with van der Waals surface area (Å²) in [6, 6.07) is 22.9. The molecule has 4 atom stereocenters. The molecule has 0 aromatic heterocycles. The van der Waals surface area contributed by atoms with Crippen molar-refractivity contribution in [2.45, 2.75) is 69.9 Å². The molecule has 2 aliphatic heterocycles. The molecule has 0 bridgehead atoms. The van der Waals surface area contributed by atoms with Gasteiger partial charge < -0.3 is 35.0 Å². The lowest BCUT2D eigenvalue weighted by molar-refractivity contribution is -0.277. The molecule has 10 heteroatoms. The number of piperidine rings is 1. The van der Waals surface area contributed by atoms with E-state index >= 15 is 0 Å². The summed E-state index contributed by atoms with van der Waals surface area (Å²) in [7, 11) is 0. The molecule has 2 heterocycles. The van der Waals surface area contributed by atoms with Gasteiger partial charge in [-0.15, -0.1) is 0 Å². The Bertz CT molecular complexity index is 1420. The zero-order valence-corrected chi connectivity index (χ0v) is 26.2. The van der Waals surface area contributed by atoms with E-state index in [1.54, 1.807) is 0 Å². The van der Waals surface area contributed by atoms with Crippen LogP contribution in [0.1, 0.15) is 72.8 Å². The fourth-order valence-electron chi connectivity index (χ4n) is 6.04. The van der Waals surface area contributed by atoms with Crippen LogP contribution in [0.5, 0.6) is 0 Å². The Labute approximate surface area is 268 Å². The highest BCUT2D eigenvalue weighted by Gasteiger charge is 2.41. The van der Waals surface area contributed by atoms with Crippen LogP contribution >= 0.6 is 11.6 Å². The van der Waals surface area contributed by atoms with Crippen molar-refractivity contribution in [3.63, 3.8) is 0 Å². The summed E-state index contributed by atoms with van der Waals surface area (Å²) in [5, 5.41) is 33.1. The fraction of sp³-hybridized carbons (Fsp3) is 0.429. The van der Waals surface area contributed by atoms with Gasteiger partial charge in [0, 0.05) is 49.1 Å². The first-order valence-electron chi connectivity index (χ1n) is 15.4. The van der Waals surface area contributed by atoms with Gasteiger partial charge in [-0.25, -0.2) is 0 Å². The monoisotopic (exact) mass is 636 g/mol. The van der Waals surface area contributed by atoms with Crippen LogP contribution in [0.4, 0.5) is 0 Å². The van der Waals surface area contributed by atoms with Gasteiger partial charge in [0.1, 0.15) is 0 Å². The second-order valence-electron chi connectivity index (χ2n) is 12.1. The van der Waals surface area contributed by atoms with Crippen LogP contribution < -0.4 is 5.32 Å². The lowest BCUT2D eigenvalue weighted by atomic mass is 9.84. The standard InChI is InChI=1S/C35H41ClN2O7/c1-23-30(21-38-18-16-35(43,17-19-38)28-10-12-29(36)13-11-28)44-34(45-33(23)26-6-4-25(22-39)5-7-26)27-8-2-24(3-9-27)20-37-31(40)14-15-32(41)42/h2-13,23,30,33-34,39,43H,14-22H2,1H3,(H,37,40)(H,41,42)/t23-,30+,33+,34+/m1/s1. The molecule has 2 fully saturated rings. The molecule has 3 aromatic carbocycles. The fourth-order valence-corrected chi connectivity index (χ4v) is 6.17. The quantitative estimate of drug-likeness (QED) is 0.229. The van der Waals surface area contributed by atoms with Crippen LogP contribution in [-0.2, 0) is 37.8 Å². The molecule has 9 nitrogen and oxygen atoms in total. The lowest BCUT2D eigenvalue weighted by Gasteiger charge is -2.45. The van der Waals surface area contributed by atoms with E-state index in [1.165, 1.54) is 0 Å². The van der Waals surface area contributed by atoms with E-state index in [1.807, 2.05) is 72.8 Å². The summed E-state index contributed by atoms with van der Waals surface area (Å²) in [6.07, 6.45) is -0.0676. The number of ether oxygens (including phenoxy) is 2. The van der Waals surface area contributed by atoms with Crippen LogP contribution in [0.15, 0.2) is 72.8 Å². The third-order valence-corrected chi connectivity index (χ3v) is 9.19. The highest BCUT2D eigenvalue weighted by Crippen LogP contribution is 2.42. The number of nitrogens with one attached hydrogen (secondary N) is 1. The number of aliphatic hydroxyl groups excluding tert-OH is 1. The normalized spacial score (nSPS) is 23.4. The Morgan fingerprint density at radius 3 is 2.16 bits per heavy atom. The number of hydrogen-bond acceptors (Lipinski definition) is 7. The SMILES string of the molecule is C[C@@H]1[C@H](CN2CCC(O)(c3ccc(Cl)cc3)CC2)O[C@H](c2ccc(CNC(=O)CCC(=O)O)cc2)O[C@@H]1c1ccc(CO)cc1. The summed E-state index contributed by atoms with van der Waals surface area (Å²) in [5.41, 5.74) is 3.56. The number of aliphatic hydroxyl groups is 2. The van der Waals surface area contributed by atoms with E-state index in [0.717, 1.165) is 40.9 Å². The molecule has 4 N–H and O–H groups in total. The number of hydrogen-bond donors (Lipinski definition) is 4. The van der Waals surface area contributed by atoms with E-state index < -0.39 is 17.9 Å². The number of aliphatic carboxylic acids is 1. The lowest BCUT2D eigenvalue weighted by Crippen LogP contribution is -2.49. The van der Waals surface area contributed by atoms with Crippen molar-refractivity contribution >= 4 is 23.5 Å². The van der Waals surface area contributed by atoms with Crippen molar-refractivity contribution in [3.05, 3.63) is 106 Å². The minimum absolute atomic E-state index is 0.0265. The molecule has 3 aromatic rings. The first kappa shape index (κ1) is 33.1. The third kappa shape index (κ3) is 8.49. The smallest absolute Gasteiger partial charge is 0.303 e. The van der Waals surface area contributed by atoms with Crippen LogP contribution in [0.2, 0.25) is 5.02 Å². The number of carbonyl (C=O) groups is 2. The number of benzene rings is 3. The zero-order valence-electron chi connectivity index (χ0n) is 25.4. The molecular formula is C35H41ClN2O7. The topological polar surface area (TPSA) is 129 Å². The van der Waals surface area contributed by atoms with Gasteiger partial charge in [-0.2, -0.15) is 0 Å². The van der Waals surface area contributed by atoms with Crippen LogP contribution in [0.3, 0.4) is 0 Å². The Morgan fingerprint density at radius 1 is 0.911 bits per heavy atom. The summed E-state index contributed by atoms with van der Waals surface area (Å²) >= 11 is 6.06. The van der Waals surface area contributed by atoms with Gasteiger partial charge in [-0.1, -0.05) is 79.2 Å². The van der Waals surface area contributed by atoms with Crippen molar-refractivity contribution in [2.75, 3.05) is 19.6 Å². The number of carbonyl (C=O) groups excluding carboxylic acids is 1.